The van der Waals surface area contributed by atoms with Crippen molar-refractivity contribution in [1.29, 1.82) is 0 Å². The van der Waals surface area contributed by atoms with Crippen LogP contribution < -0.4 is 10.2 Å². The number of nitrogens with zero attached hydrogens (tertiary/aromatic N) is 2. The third kappa shape index (κ3) is 4.83. The van der Waals surface area contributed by atoms with Gasteiger partial charge in [-0.15, -0.1) is 0 Å². The van der Waals surface area contributed by atoms with Crippen molar-refractivity contribution >= 4 is 17.3 Å². The van der Waals surface area contributed by atoms with Crippen LogP contribution in [0.2, 0.25) is 0 Å². The van der Waals surface area contributed by atoms with E-state index in [0.29, 0.717) is 29.9 Å². The SMILES string of the molecule is O=C(c1cccc2c1CCN2)N(C[C@@H](F)CO)c1ccnc(Cc2cc(F)c(F)c(F)c2)c1. The van der Waals surface area contributed by atoms with Crippen LogP contribution in [-0.2, 0) is 12.8 Å². The zero-order valence-corrected chi connectivity index (χ0v) is 17.5. The number of anilines is 2. The Morgan fingerprint density at radius 3 is 2.64 bits per heavy atom. The van der Waals surface area contributed by atoms with Gasteiger partial charge >= 0.3 is 0 Å². The highest BCUT2D eigenvalue weighted by Gasteiger charge is 2.26. The minimum atomic E-state index is -1.68. The van der Waals surface area contributed by atoms with Crippen molar-refractivity contribution in [3.8, 4) is 0 Å². The third-order valence-electron chi connectivity index (χ3n) is 5.46. The zero-order valence-electron chi connectivity index (χ0n) is 17.5. The lowest BCUT2D eigenvalue weighted by Gasteiger charge is -2.25. The van der Waals surface area contributed by atoms with Gasteiger partial charge in [-0.05, 0) is 53.9 Å². The molecule has 0 saturated heterocycles. The smallest absolute Gasteiger partial charge is 0.258 e. The molecule has 0 saturated carbocycles. The normalized spacial score (nSPS) is 13.4. The Morgan fingerprint density at radius 1 is 1.15 bits per heavy atom. The van der Waals surface area contributed by atoms with Crippen molar-refractivity contribution in [3.63, 3.8) is 0 Å². The summed E-state index contributed by atoms with van der Waals surface area (Å²) < 4.78 is 54.6. The lowest BCUT2D eigenvalue weighted by molar-refractivity contribution is 0.0969. The van der Waals surface area contributed by atoms with Crippen LogP contribution in [0.1, 0.15) is 27.2 Å². The third-order valence-corrected chi connectivity index (χ3v) is 5.46. The molecule has 1 aromatic heterocycles. The number of hydrogen-bond donors (Lipinski definition) is 2. The monoisotopic (exact) mass is 459 g/mol. The number of halogens is 4. The van der Waals surface area contributed by atoms with Crippen LogP contribution in [0.5, 0.6) is 0 Å². The molecule has 4 rings (SSSR count). The minimum absolute atomic E-state index is 0.0340. The second-order valence-corrected chi connectivity index (χ2v) is 7.76. The molecule has 172 valence electrons. The van der Waals surface area contributed by atoms with E-state index in [1.165, 1.54) is 23.2 Å². The van der Waals surface area contributed by atoms with Crippen molar-refractivity contribution in [3.05, 3.63) is 88.5 Å². The number of carbonyl (C=O) groups is 1. The standard InChI is InChI=1S/C24H21F4N3O2/c25-15(13-32)12-31(24(33)19-2-1-3-22-18(19)5-7-30-22)17-4-6-29-16(11-17)8-14-9-20(26)23(28)21(27)10-14/h1-4,6,9-11,15,30,32H,5,7-8,12-13H2/t15-/m1/s1. The first-order valence-corrected chi connectivity index (χ1v) is 10.4. The molecule has 2 aromatic carbocycles. The van der Waals surface area contributed by atoms with Gasteiger partial charge in [-0.3, -0.25) is 9.78 Å². The van der Waals surface area contributed by atoms with Crippen molar-refractivity contribution in [2.75, 3.05) is 29.9 Å². The Bertz CT molecular complexity index is 1170. The van der Waals surface area contributed by atoms with Crippen molar-refractivity contribution in [2.45, 2.75) is 19.0 Å². The van der Waals surface area contributed by atoms with Gasteiger partial charge in [-0.1, -0.05) is 6.07 Å². The highest BCUT2D eigenvalue weighted by atomic mass is 19.2. The number of fused-ring (bicyclic) bond motifs is 1. The maximum Gasteiger partial charge on any atom is 0.258 e. The zero-order chi connectivity index (χ0) is 23.5. The fourth-order valence-corrected chi connectivity index (χ4v) is 3.90. The Labute approximate surface area is 187 Å². The van der Waals surface area contributed by atoms with Crippen LogP contribution in [0, 0.1) is 17.5 Å². The molecule has 1 amide bonds. The van der Waals surface area contributed by atoms with Gasteiger partial charge in [0.2, 0.25) is 0 Å². The molecule has 9 heteroatoms. The molecule has 1 atom stereocenters. The maximum atomic E-state index is 14.2. The number of alkyl halides is 1. The van der Waals surface area contributed by atoms with Crippen LogP contribution in [0.25, 0.3) is 0 Å². The van der Waals surface area contributed by atoms with E-state index in [4.69, 9.17) is 0 Å². The maximum absolute atomic E-state index is 14.2. The van der Waals surface area contributed by atoms with E-state index in [9.17, 15) is 27.5 Å². The summed E-state index contributed by atoms with van der Waals surface area (Å²) in [7, 11) is 0. The summed E-state index contributed by atoms with van der Waals surface area (Å²) in [5, 5.41) is 12.4. The molecule has 0 radical (unpaired) electrons. The molecule has 0 unspecified atom stereocenters. The minimum Gasteiger partial charge on any atom is -0.393 e. The van der Waals surface area contributed by atoms with E-state index < -0.39 is 42.7 Å². The Hall–Kier alpha value is -3.46. The molecule has 0 bridgehead atoms. The summed E-state index contributed by atoms with van der Waals surface area (Å²) in [4.78, 5) is 18.8. The highest BCUT2D eigenvalue weighted by Crippen LogP contribution is 2.28. The molecule has 2 heterocycles. The molecule has 0 fully saturated rings. The molecule has 1 aliphatic rings. The molecule has 3 aromatic rings. The number of nitrogens with one attached hydrogen (secondary N) is 1. The summed E-state index contributed by atoms with van der Waals surface area (Å²) in [6.07, 6.45) is 0.326. The van der Waals surface area contributed by atoms with Crippen molar-refractivity contribution < 1.29 is 27.5 Å². The topological polar surface area (TPSA) is 65.5 Å². The Kier molecular flexibility index (Phi) is 6.60. The van der Waals surface area contributed by atoms with Gasteiger partial charge in [0.25, 0.3) is 5.91 Å². The number of benzene rings is 2. The summed E-state index contributed by atoms with van der Waals surface area (Å²) >= 11 is 0. The summed E-state index contributed by atoms with van der Waals surface area (Å²) in [5.41, 5.74) is 2.90. The molecule has 2 N–H and O–H groups in total. The van der Waals surface area contributed by atoms with Crippen molar-refractivity contribution in [2.24, 2.45) is 0 Å². The quantitative estimate of drug-likeness (QED) is 0.414. The van der Waals surface area contributed by atoms with E-state index in [-0.39, 0.29) is 12.0 Å². The van der Waals surface area contributed by atoms with Crippen molar-refractivity contribution in [1.82, 2.24) is 4.98 Å². The van der Waals surface area contributed by atoms with E-state index in [1.807, 2.05) is 6.07 Å². The van der Waals surface area contributed by atoms with Gasteiger partial charge in [0.05, 0.1) is 13.2 Å². The lowest BCUT2D eigenvalue weighted by Crippen LogP contribution is -2.38. The van der Waals surface area contributed by atoms with Gasteiger partial charge in [-0.2, -0.15) is 0 Å². The Balaban J connectivity index is 1.67. The predicted molar refractivity (Wildman–Crippen MR) is 116 cm³/mol. The predicted octanol–water partition coefficient (Wildman–Crippen LogP) is 4.03. The number of pyridine rings is 1. The lowest BCUT2D eigenvalue weighted by atomic mass is 10.0. The van der Waals surface area contributed by atoms with E-state index in [2.05, 4.69) is 10.3 Å². The van der Waals surface area contributed by atoms with Crippen LogP contribution in [0.3, 0.4) is 0 Å². The molecule has 33 heavy (non-hydrogen) atoms. The molecule has 1 aliphatic heterocycles. The van der Waals surface area contributed by atoms with Crippen LogP contribution in [0.4, 0.5) is 28.9 Å². The second-order valence-electron chi connectivity index (χ2n) is 7.76. The fraction of sp³-hybridized carbons (Fsp3) is 0.250. The number of aliphatic hydroxyl groups excluding tert-OH is 1. The summed E-state index contributed by atoms with van der Waals surface area (Å²) in [6.45, 7) is -0.466. The average molecular weight is 459 g/mol. The molecular formula is C24H21F4N3O2. The number of carbonyl (C=O) groups excluding carboxylic acids is 1. The van der Waals surface area contributed by atoms with Crippen LogP contribution >= 0.6 is 0 Å². The van der Waals surface area contributed by atoms with Gasteiger partial charge in [-0.25, -0.2) is 17.6 Å². The number of amides is 1. The average Bonchev–Trinajstić information content (AvgIpc) is 3.29. The second kappa shape index (κ2) is 9.58. The van der Waals surface area contributed by atoms with E-state index in [0.717, 1.165) is 23.4 Å². The van der Waals surface area contributed by atoms with E-state index in [1.54, 1.807) is 12.1 Å². The van der Waals surface area contributed by atoms with Gasteiger partial charge < -0.3 is 15.3 Å². The van der Waals surface area contributed by atoms with Crippen LogP contribution in [0.15, 0.2) is 48.7 Å². The summed E-state index contributed by atoms with van der Waals surface area (Å²) in [5.74, 6) is -4.62. The van der Waals surface area contributed by atoms with Crippen LogP contribution in [-0.4, -0.2) is 41.9 Å². The molecule has 5 nitrogen and oxygen atoms in total. The van der Waals surface area contributed by atoms with Gasteiger partial charge in [0, 0.05) is 41.8 Å². The summed E-state index contributed by atoms with van der Waals surface area (Å²) in [6, 6.07) is 10.0. The first-order valence-electron chi connectivity index (χ1n) is 10.4. The first-order chi connectivity index (χ1) is 15.9. The van der Waals surface area contributed by atoms with Gasteiger partial charge in [0.15, 0.2) is 17.5 Å². The first kappa shape index (κ1) is 22.7. The Morgan fingerprint density at radius 2 is 1.91 bits per heavy atom. The fourth-order valence-electron chi connectivity index (χ4n) is 3.90. The van der Waals surface area contributed by atoms with Gasteiger partial charge in [0.1, 0.15) is 6.17 Å². The molecular weight excluding hydrogens is 438 g/mol. The van der Waals surface area contributed by atoms with E-state index >= 15 is 0 Å². The number of aliphatic hydroxyl groups is 1. The number of aromatic nitrogens is 1. The highest BCUT2D eigenvalue weighted by molar-refractivity contribution is 6.08. The largest absolute Gasteiger partial charge is 0.393 e. The number of hydrogen-bond acceptors (Lipinski definition) is 4. The molecule has 0 aliphatic carbocycles. The molecule has 0 spiro atoms. The number of rotatable bonds is 7.